The van der Waals surface area contributed by atoms with Crippen molar-refractivity contribution in [3.05, 3.63) is 66.0 Å². The van der Waals surface area contributed by atoms with Gasteiger partial charge in [-0.15, -0.1) is 11.3 Å². The molecule has 2 aromatic heterocycles. The maximum Gasteiger partial charge on any atom is 0.323 e. The van der Waals surface area contributed by atoms with Crippen LogP contribution in [0.2, 0.25) is 0 Å². The second-order valence-electron chi connectivity index (χ2n) is 5.24. The predicted molar refractivity (Wildman–Crippen MR) is 98.5 cm³/mol. The first-order chi connectivity index (χ1) is 11.8. The molecule has 2 amide bonds. The molecule has 0 spiro atoms. The number of rotatable bonds is 3. The lowest BCUT2D eigenvalue weighted by molar-refractivity contribution is 0.262. The number of imidazole rings is 1. The molecule has 24 heavy (non-hydrogen) atoms. The Hall–Kier alpha value is -3.12. The monoisotopic (exact) mass is 334 g/mol. The summed E-state index contributed by atoms with van der Waals surface area (Å²) in [4.78, 5) is 21.0. The van der Waals surface area contributed by atoms with Crippen LogP contribution < -0.4 is 10.6 Å². The van der Waals surface area contributed by atoms with Gasteiger partial charge in [0.05, 0.1) is 15.9 Å². The zero-order chi connectivity index (χ0) is 16.4. The topological polar surface area (TPSA) is 69.8 Å². The summed E-state index contributed by atoms with van der Waals surface area (Å²) in [6.45, 7) is 0. The molecule has 2 heterocycles. The first kappa shape index (κ1) is 14.5. The molecule has 0 atom stereocenters. The number of anilines is 2. The summed E-state index contributed by atoms with van der Waals surface area (Å²) in [7, 11) is 0. The third-order valence-electron chi connectivity index (χ3n) is 3.53. The molecule has 4 rings (SSSR count). The molecule has 0 aliphatic rings. The van der Waals surface area contributed by atoms with Crippen molar-refractivity contribution in [2.24, 2.45) is 0 Å². The van der Waals surface area contributed by atoms with Crippen molar-refractivity contribution in [1.29, 1.82) is 0 Å². The molecule has 0 aliphatic heterocycles. The fraction of sp³-hybridized carbons (Fsp3) is 0. The van der Waals surface area contributed by atoms with Crippen molar-refractivity contribution >= 4 is 39.8 Å². The van der Waals surface area contributed by atoms with Gasteiger partial charge in [0.1, 0.15) is 5.82 Å². The Labute approximate surface area is 142 Å². The number of para-hydroxylation sites is 1. The number of carbonyl (C=O) groups is 1. The minimum Gasteiger partial charge on any atom is -0.337 e. The highest BCUT2D eigenvalue weighted by Gasteiger charge is 2.08. The van der Waals surface area contributed by atoms with Gasteiger partial charge in [-0.3, -0.25) is 0 Å². The number of carbonyl (C=O) groups excluding carboxylic acids is 1. The van der Waals surface area contributed by atoms with Crippen LogP contribution in [0.1, 0.15) is 0 Å². The normalized spacial score (nSPS) is 10.7. The van der Waals surface area contributed by atoms with Gasteiger partial charge < -0.3 is 15.6 Å². The fourth-order valence-corrected chi connectivity index (χ4v) is 3.10. The van der Waals surface area contributed by atoms with E-state index >= 15 is 0 Å². The number of hydrogen-bond donors (Lipinski definition) is 3. The quantitative estimate of drug-likeness (QED) is 0.497. The van der Waals surface area contributed by atoms with Gasteiger partial charge in [0.15, 0.2) is 0 Å². The molecule has 0 radical (unpaired) electrons. The van der Waals surface area contributed by atoms with Crippen LogP contribution in [0.4, 0.5) is 16.2 Å². The number of urea groups is 1. The van der Waals surface area contributed by atoms with Crippen LogP contribution in [0, 0.1) is 0 Å². The van der Waals surface area contributed by atoms with E-state index in [1.54, 1.807) is 11.3 Å². The van der Waals surface area contributed by atoms with Crippen molar-refractivity contribution in [1.82, 2.24) is 9.97 Å². The van der Waals surface area contributed by atoms with Crippen LogP contribution in [0.5, 0.6) is 0 Å². The Balaban J connectivity index is 1.53. The van der Waals surface area contributed by atoms with Crippen LogP contribution >= 0.6 is 11.3 Å². The molecular weight excluding hydrogens is 320 g/mol. The van der Waals surface area contributed by atoms with Crippen molar-refractivity contribution in [3.63, 3.8) is 0 Å². The van der Waals surface area contributed by atoms with Crippen LogP contribution in [0.15, 0.2) is 66.0 Å². The SMILES string of the molecule is O=C(Nc1ccccc1)Nc1ccc2nc(-c3cccs3)[nH]c2c1. The Morgan fingerprint density at radius 3 is 2.58 bits per heavy atom. The van der Waals surface area contributed by atoms with E-state index in [0.717, 1.165) is 27.4 Å². The third-order valence-corrected chi connectivity index (χ3v) is 4.40. The summed E-state index contributed by atoms with van der Waals surface area (Å²) in [5.74, 6) is 0.839. The minimum atomic E-state index is -0.279. The summed E-state index contributed by atoms with van der Waals surface area (Å²) >= 11 is 1.63. The summed E-state index contributed by atoms with van der Waals surface area (Å²) in [5, 5.41) is 7.64. The number of thiophene rings is 1. The largest absolute Gasteiger partial charge is 0.337 e. The Bertz CT molecular complexity index is 977. The molecule has 0 saturated heterocycles. The number of benzene rings is 2. The molecule has 0 unspecified atom stereocenters. The molecule has 0 bridgehead atoms. The van der Waals surface area contributed by atoms with E-state index in [9.17, 15) is 4.79 Å². The molecule has 3 N–H and O–H groups in total. The van der Waals surface area contributed by atoms with E-state index < -0.39 is 0 Å². The van der Waals surface area contributed by atoms with E-state index in [4.69, 9.17) is 0 Å². The van der Waals surface area contributed by atoms with Crippen LogP contribution in [0.25, 0.3) is 21.7 Å². The average Bonchev–Trinajstić information content (AvgIpc) is 3.24. The first-order valence-corrected chi connectivity index (χ1v) is 8.32. The zero-order valence-electron chi connectivity index (χ0n) is 12.6. The highest BCUT2D eigenvalue weighted by Crippen LogP contribution is 2.26. The Morgan fingerprint density at radius 2 is 1.79 bits per heavy atom. The summed E-state index contributed by atoms with van der Waals surface area (Å²) in [6.07, 6.45) is 0. The highest BCUT2D eigenvalue weighted by atomic mass is 32.1. The molecule has 0 aliphatic carbocycles. The van der Waals surface area contributed by atoms with Gasteiger partial charge in [-0.2, -0.15) is 0 Å². The van der Waals surface area contributed by atoms with E-state index in [1.807, 2.05) is 66.0 Å². The van der Waals surface area contributed by atoms with Gasteiger partial charge in [-0.25, -0.2) is 9.78 Å². The minimum absolute atomic E-state index is 0.279. The summed E-state index contributed by atoms with van der Waals surface area (Å²) in [6, 6.07) is 18.7. The number of aromatic amines is 1. The second-order valence-corrected chi connectivity index (χ2v) is 6.19. The average molecular weight is 334 g/mol. The van der Waals surface area contributed by atoms with Crippen LogP contribution in [-0.2, 0) is 0 Å². The number of H-pyrrole nitrogens is 1. The van der Waals surface area contributed by atoms with Crippen molar-refractivity contribution in [3.8, 4) is 10.7 Å². The number of aromatic nitrogens is 2. The van der Waals surface area contributed by atoms with Gasteiger partial charge in [0, 0.05) is 11.4 Å². The van der Waals surface area contributed by atoms with Gasteiger partial charge in [0.2, 0.25) is 0 Å². The Morgan fingerprint density at radius 1 is 0.958 bits per heavy atom. The third kappa shape index (κ3) is 3.00. The first-order valence-electron chi connectivity index (χ1n) is 7.45. The lowest BCUT2D eigenvalue weighted by Gasteiger charge is -2.07. The van der Waals surface area contributed by atoms with Gasteiger partial charge in [0.25, 0.3) is 0 Å². The molecular formula is C18H14N4OS. The summed E-state index contributed by atoms with van der Waals surface area (Å²) in [5.41, 5.74) is 3.21. The zero-order valence-corrected chi connectivity index (χ0v) is 13.4. The number of fused-ring (bicyclic) bond motifs is 1. The van der Waals surface area contributed by atoms with E-state index in [1.165, 1.54) is 0 Å². The van der Waals surface area contributed by atoms with Crippen molar-refractivity contribution in [2.45, 2.75) is 0 Å². The smallest absolute Gasteiger partial charge is 0.323 e. The maximum atomic E-state index is 12.1. The van der Waals surface area contributed by atoms with Gasteiger partial charge in [-0.1, -0.05) is 24.3 Å². The molecule has 4 aromatic rings. The van der Waals surface area contributed by atoms with Crippen LogP contribution in [-0.4, -0.2) is 16.0 Å². The van der Waals surface area contributed by atoms with E-state index in [0.29, 0.717) is 5.69 Å². The number of amides is 2. The number of nitrogens with zero attached hydrogens (tertiary/aromatic N) is 1. The lowest BCUT2D eigenvalue weighted by atomic mass is 10.3. The van der Waals surface area contributed by atoms with Gasteiger partial charge in [-0.05, 0) is 41.8 Å². The van der Waals surface area contributed by atoms with Crippen molar-refractivity contribution < 1.29 is 4.79 Å². The standard InChI is InChI=1S/C18H14N4OS/c23-18(19-12-5-2-1-3-6-12)20-13-8-9-14-15(11-13)22-17(21-14)16-7-4-10-24-16/h1-11H,(H,21,22)(H2,19,20,23). The summed E-state index contributed by atoms with van der Waals surface area (Å²) < 4.78 is 0. The van der Waals surface area contributed by atoms with E-state index in [2.05, 4.69) is 20.6 Å². The predicted octanol–water partition coefficient (Wildman–Crippen LogP) is 4.94. The molecule has 6 heteroatoms. The molecule has 0 fully saturated rings. The second kappa shape index (κ2) is 6.17. The number of hydrogen-bond acceptors (Lipinski definition) is 3. The number of nitrogens with one attached hydrogen (secondary N) is 3. The highest BCUT2D eigenvalue weighted by molar-refractivity contribution is 7.13. The van der Waals surface area contributed by atoms with E-state index in [-0.39, 0.29) is 6.03 Å². The van der Waals surface area contributed by atoms with Crippen molar-refractivity contribution in [2.75, 3.05) is 10.6 Å². The molecule has 118 valence electrons. The Kier molecular flexibility index (Phi) is 3.72. The maximum absolute atomic E-state index is 12.1. The molecule has 0 saturated carbocycles. The van der Waals surface area contributed by atoms with Gasteiger partial charge >= 0.3 is 6.03 Å². The van der Waals surface area contributed by atoms with Crippen LogP contribution in [0.3, 0.4) is 0 Å². The lowest BCUT2D eigenvalue weighted by Crippen LogP contribution is -2.19. The fourth-order valence-electron chi connectivity index (χ4n) is 2.43. The molecule has 2 aromatic carbocycles. The molecule has 5 nitrogen and oxygen atoms in total.